The third-order valence-corrected chi connectivity index (χ3v) is 4.59. The molecule has 1 unspecified atom stereocenters. The van der Waals surface area contributed by atoms with E-state index in [1.807, 2.05) is 42.2 Å². The first-order chi connectivity index (χ1) is 11.6. The van der Waals surface area contributed by atoms with Gasteiger partial charge in [0.05, 0.1) is 5.69 Å². The van der Waals surface area contributed by atoms with Crippen molar-refractivity contribution in [3.8, 4) is 5.75 Å². The number of anilines is 1. The molecule has 1 aromatic carbocycles. The lowest BCUT2D eigenvalue weighted by Crippen LogP contribution is -2.44. The summed E-state index contributed by atoms with van der Waals surface area (Å²) in [6.45, 7) is 5.11. The van der Waals surface area contributed by atoms with E-state index in [9.17, 15) is 4.79 Å². The van der Waals surface area contributed by atoms with Crippen LogP contribution in [0, 0.1) is 6.92 Å². The number of rotatable bonds is 4. The molecule has 24 heavy (non-hydrogen) atoms. The molecule has 6 nitrogen and oxygen atoms in total. The molecule has 1 aromatic heterocycles. The molecule has 0 bridgehead atoms. The number of piperidine rings is 1. The molecule has 1 amide bonds. The SMILES string of the molecule is Cc1c(C2CCN(C(=O)C(C)Oc3ccccc3)CC2)noc1N. The molecule has 0 radical (unpaired) electrons. The van der Waals surface area contributed by atoms with Crippen LogP contribution in [0.2, 0.25) is 0 Å². The summed E-state index contributed by atoms with van der Waals surface area (Å²) in [6, 6.07) is 9.41. The normalized spacial score (nSPS) is 16.8. The van der Waals surface area contributed by atoms with E-state index in [4.69, 9.17) is 15.0 Å². The first kappa shape index (κ1) is 16.4. The lowest BCUT2D eigenvalue weighted by molar-refractivity contribution is -0.139. The molecule has 1 atom stereocenters. The Kier molecular flexibility index (Phi) is 4.74. The zero-order valence-electron chi connectivity index (χ0n) is 14.1. The molecule has 1 saturated heterocycles. The number of nitrogens with two attached hydrogens (primary N) is 1. The minimum absolute atomic E-state index is 0.0219. The number of amides is 1. The summed E-state index contributed by atoms with van der Waals surface area (Å²) in [7, 11) is 0. The molecule has 0 aliphatic carbocycles. The Balaban J connectivity index is 1.56. The smallest absolute Gasteiger partial charge is 0.263 e. The summed E-state index contributed by atoms with van der Waals surface area (Å²) in [4.78, 5) is 14.4. The van der Waals surface area contributed by atoms with Gasteiger partial charge in [0.1, 0.15) is 5.75 Å². The summed E-state index contributed by atoms with van der Waals surface area (Å²) in [5, 5.41) is 4.07. The second-order valence-corrected chi connectivity index (χ2v) is 6.23. The van der Waals surface area contributed by atoms with Crippen molar-refractivity contribution in [2.24, 2.45) is 0 Å². The molecule has 3 rings (SSSR count). The molecule has 6 heteroatoms. The van der Waals surface area contributed by atoms with E-state index in [-0.39, 0.29) is 5.91 Å². The largest absolute Gasteiger partial charge is 0.481 e. The van der Waals surface area contributed by atoms with Crippen LogP contribution in [0.3, 0.4) is 0 Å². The summed E-state index contributed by atoms with van der Waals surface area (Å²) in [6.07, 6.45) is 1.22. The maximum absolute atomic E-state index is 12.6. The van der Waals surface area contributed by atoms with E-state index >= 15 is 0 Å². The third-order valence-electron chi connectivity index (χ3n) is 4.59. The lowest BCUT2D eigenvalue weighted by atomic mass is 9.91. The van der Waals surface area contributed by atoms with E-state index in [2.05, 4.69) is 5.16 Å². The van der Waals surface area contributed by atoms with Crippen molar-refractivity contribution in [1.29, 1.82) is 0 Å². The van der Waals surface area contributed by atoms with Crippen molar-refractivity contribution in [2.75, 3.05) is 18.8 Å². The van der Waals surface area contributed by atoms with E-state index in [1.54, 1.807) is 6.92 Å². The van der Waals surface area contributed by atoms with Crippen molar-refractivity contribution >= 4 is 11.8 Å². The monoisotopic (exact) mass is 329 g/mol. The predicted octanol–water partition coefficient (Wildman–Crippen LogP) is 2.74. The van der Waals surface area contributed by atoms with Crippen LogP contribution in [0.5, 0.6) is 5.75 Å². The number of carbonyl (C=O) groups excluding carboxylic acids is 1. The highest BCUT2D eigenvalue weighted by Gasteiger charge is 2.30. The van der Waals surface area contributed by atoms with Crippen LogP contribution in [0.25, 0.3) is 0 Å². The Hall–Kier alpha value is -2.50. The number of benzene rings is 1. The summed E-state index contributed by atoms with van der Waals surface area (Å²) < 4.78 is 10.8. The van der Waals surface area contributed by atoms with Gasteiger partial charge < -0.3 is 19.9 Å². The fraction of sp³-hybridized carbons (Fsp3) is 0.444. The highest BCUT2D eigenvalue weighted by Crippen LogP contribution is 2.31. The van der Waals surface area contributed by atoms with Gasteiger partial charge in [0.15, 0.2) is 6.10 Å². The van der Waals surface area contributed by atoms with E-state index in [0.29, 0.717) is 30.6 Å². The first-order valence-electron chi connectivity index (χ1n) is 8.28. The molecule has 128 valence electrons. The second-order valence-electron chi connectivity index (χ2n) is 6.23. The van der Waals surface area contributed by atoms with Crippen molar-refractivity contribution in [2.45, 2.75) is 38.7 Å². The molecule has 2 aromatic rings. The quantitative estimate of drug-likeness (QED) is 0.932. The van der Waals surface area contributed by atoms with Crippen LogP contribution in [0.15, 0.2) is 34.9 Å². The number of likely N-dealkylation sites (tertiary alicyclic amines) is 1. The van der Waals surface area contributed by atoms with Gasteiger partial charge in [-0.15, -0.1) is 0 Å². The topological polar surface area (TPSA) is 81.6 Å². The summed E-state index contributed by atoms with van der Waals surface area (Å²) in [5.41, 5.74) is 7.57. The van der Waals surface area contributed by atoms with Gasteiger partial charge in [0.25, 0.3) is 5.91 Å². The van der Waals surface area contributed by atoms with Gasteiger partial charge in [-0.2, -0.15) is 0 Å². The van der Waals surface area contributed by atoms with Crippen molar-refractivity contribution in [3.63, 3.8) is 0 Å². The highest BCUT2D eigenvalue weighted by molar-refractivity contribution is 5.81. The zero-order chi connectivity index (χ0) is 17.1. The minimum atomic E-state index is -0.492. The standard InChI is InChI=1S/C18H23N3O3/c1-12-16(20-24-17(12)19)14-8-10-21(11-9-14)18(22)13(2)23-15-6-4-3-5-7-15/h3-7,13-14H,8-11,19H2,1-2H3. The highest BCUT2D eigenvalue weighted by atomic mass is 16.5. The average molecular weight is 329 g/mol. The van der Waals surface area contributed by atoms with Gasteiger partial charge in [-0.05, 0) is 38.8 Å². The number of nitrogen functional groups attached to an aromatic ring is 1. The average Bonchev–Trinajstić information content (AvgIpc) is 2.94. The molecular weight excluding hydrogens is 306 g/mol. The number of para-hydroxylation sites is 1. The van der Waals surface area contributed by atoms with Crippen molar-refractivity contribution in [1.82, 2.24) is 10.1 Å². The van der Waals surface area contributed by atoms with Crippen LogP contribution in [-0.2, 0) is 4.79 Å². The zero-order valence-corrected chi connectivity index (χ0v) is 14.1. The van der Waals surface area contributed by atoms with Crippen LogP contribution in [-0.4, -0.2) is 35.2 Å². The lowest BCUT2D eigenvalue weighted by Gasteiger charge is -2.33. The van der Waals surface area contributed by atoms with E-state index < -0.39 is 6.10 Å². The van der Waals surface area contributed by atoms with Gasteiger partial charge in [-0.25, -0.2) is 0 Å². The number of nitrogens with zero attached hydrogens (tertiary/aromatic N) is 2. The Morgan fingerprint density at radius 2 is 2.00 bits per heavy atom. The second kappa shape index (κ2) is 6.95. The maximum atomic E-state index is 12.6. The van der Waals surface area contributed by atoms with Crippen LogP contribution in [0.4, 0.5) is 5.88 Å². The van der Waals surface area contributed by atoms with Gasteiger partial charge in [0.2, 0.25) is 5.88 Å². The van der Waals surface area contributed by atoms with Gasteiger partial charge in [-0.3, -0.25) is 4.79 Å². The summed E-state index contributed by atoms with van der Waals surface area (Å²) >= 11 is 0. The molecule has 0 spiro atoms. The Morgan fingerprint density at radius 3 is 2.58 bits per heavy atom. The van der Waals surface area contributed by atoms with E-state index in [0.717, 1.165) is 24.1 Å². The van der Waals surface area contributed by atoms with Crippen LogP contribution < -0.4 is 10.5 Å². The number of hydrogen-bond donors (Lipinski definition) is 1. The number of hydrogen-bond acceptors (Lipinski definition) is 5. The van der Waals surface area contributed by atoms with Crippen LogP contribution >= 0.6 is 0 Å². The first-order valence-corrected chi connectivity index (χ1v) is 8.28. The number of ether oxygens (including phenoxy) is 1. The fourth-order valence-electron chi connectivity index (χ4n) is 3.13. The Morgan fingerprint density at radius 1 is 1.33 bits per heavy atom. The predicted molar refractivity (Wildman–Crippen MR) is 90.7 cm³/mol. The number of aromatic nitrogens is 1. The molecule has 2 heterocycles. The van der Waals surface area contributed by atoms with Crippen molar-refractivity contribution < 1.29 is 14.1 Å². The molecular formula is C18H23N3O3. The summed E-state index contributed by atoms with van der Waals surface area (Å²) in [5.74, 6) is 1.41. The Labute approximate surface area is 141 Å². The molecule has 1 aliphatic rings. The van der Waals surface area contributed by atoms with Gasteiger partial charge in [0, 0.05) is 24.6 Å². The molecule has 1 aliphatic heterocycles. The maximum Gasteiger partial charge on any atom is 0.263 e. The molecule has 2 N–H and O–H groups in total. The number of carbonyl (C=O) groups is 1. The molecule has 0 saturated carbocycles. The van der Waals surface area contributed by atoms with Gasteiger partial charge >= 0.3 is 0 Å². The third kappa shape index (κ3) is 3.37. The molecule has 1 fully saturated rings. The van der Waals surface area contributed by atoms with Crippen LogP contribution in [0.1, 0.15) is 36.9 Å². The van der Waals surface area contributed by atoms with Gasteiger partial charge in [-0.1, -0.05) is 23.4 Å². The minimum Gasteiger partial charge on any atom is -0.481 e. The Bertz CT molecular complexity index is 691. The van der Waals surface area contributed by atoms with E-state index in [1.165, 1.54) is 0 Å². The van der Waals surface area contributed by atoms with Crippen molar-refractivity contribution in [3.05, 3.63) is 41.6 Å². The fourth-order valence-corrected chi connectivity index (χ4v) is 3.13.